The minimum atomic E-state index is -0.940. The molecule has 0 radical (unpaired) electrons. The van der Waals surface area contributed by atoms with Crippen LogP contribution in [0, 0.1) is 22.7 Å². The van der Waals surface area contributed by atoms with Gasteiger partial charge in [-0.3, -0.25) is 0 Å². The molecule has 0 amide bonds. The van der Waals surface area contributed by atoms with Crippen LogP contribution in [0.3, 0.4) is 0 Å². The fraction of sp³-hybridized carbons (Fsp3) is 0.588. The summed E-state index contributed by atoms with van der Waals surface area (Å²) >= 11 is 0. The van der Waals surface area contributed by atoms with Crippen LogP contribution in [0.15, 0.2) is 24.3 Å². The molecule has 2 rings (SSSR count). The molecule has 2 nitrogen and oxygen atoms in total. The third kappa shape index (κ3) is 2.17. The van der Waals surface area contributed by atoms with E-state index < -0.39 is 11.0 Å². The Balaban J connectivity index is 2.40. The predicted octanol–water partition coefficient (Wildman–Crippen LogP) is 3.48. The van der Waals surface area contributed by atoms with Crippen molar-refractivity contribution in [1.82, 2.24) is 0 Å². The fourth-order valence-electron chi connectivity index (χ4n) is 3.25. The molecule has 19 heavy (non-hydrogen) atoms. The number of aliphatic hydroxyl groups is 1. The second-order valence-corrected chi connectivity index (χ2v) is 6.10. The number of benzene rings is 1. The van der Waals surface area contributed by atoms with Crippen molar-refractivity contribution in [3.8, 4) is 6.07 Å². The van der Waals surface area contributed by atoms with Gasteiger partial charge in [-0.25, -0.2) is 0 Å². The maximum Gasteiger partial charge on any atom is 0.0903 e. The van der Waals surface area contributed by atoms with Crippen LogP contribution in [0.2, 0.25) is 0 Å². The van der Waals surface area contributed by atoms with Crippen LogP contribution >= 0.6 is 0 Å². The Morgan fingerprint density at radius 3 is 2.63 bits per heavy atom. The number of aryl methyl sites for hydroxylation is 1. The fourth-order valence-corrected chi connectivity index (χ4v) is 3.25. The first kappa shape index (κ1) is 14.1. The van der Waals surface area contributed by atoms with E-state index in [4.69, 9.17) is 0 Å². The second-order valence-electron chi connectivity index (χ2n) is 6.10. The van der Waals surface area contributed by atoms with Gasteiger partial charge in [-0.2, -0.15) is 5.26 Å². The Labute approximate surface area is 116 Å². The van der Waals surface area contributed by atoms with Gasteiger partial charge in [0.1, 0.15) is 0 Å². The molecule has 0 heterocycles. The van der Waals surface area contributed by atoms with Crippen LogP contribution in [0.25, 0.3) is 0 Å². The molecule has 0 spiro atoms. The monoisotopic (exact) mass is 257 g/mol. The molecule has 102 valence electrons. The highest BCUT2D eigenvalue weighted by atomic mass is 16.3. The van der Waals surface area contributed by atoms with Gasteiger partial charge < -0.3 is 5.11 Å². The first-order valence-electron chi connectivity index (χ1n) is 7.17. The van der Waals surface area contributed by atoms with E-state index in [-0.39, 0.29) is 5.92 Å². The lowest BCUT2D eigenvalue weighted by molar-refractivity contribution is -0.0886. The lowest BCUT2D eigenvalue weighted by atomic mass is 9.59. The molecule has 0 saturated carbocycles. The minimum Gasteiger partial charge on any atom is -0.388 e. The van der Waals surface area contributed by atoms with Crippen molar-refractivity contribution in [3.63, 3.8) is 0 Å². The van der Waals surface area contributed by atoms with E-state index in [1.165, 1.54) is 11.1 Å². The Kier molecular flexibility index (Phi) is 3.69. The van der Waals surface area contributed by atoms with Gasteiger partial charge in [0.15, 0.2) is 0 Å². The quantitative estimate of drug-likeness (QED) is 0.901. The number of nitrogens with zero attached hydrogens (tertiary/aromatic N) is 1. The van der Waals surface area contributed by atoms with Crippen molar-refractivity contribution < 1.29 is 5.11 Å². The molecule has 0 bridgehead atoms. The van der Waals surface area contributed by atoms with Crippen molar-refractivity contribution in [2.45, 2.75) is 52.1 Å². The molecule has 0 aliphatic heterocycles. The average Bonchev–Trinajstić information content (AvgIpc) is 2.45. The molecule has 1 N–H and O–H groups in total. The lowest BCUT2D eigenvalue weighted by Crippen LogP contribution is -2.52. The van der Waals surface area contributed by atoms with Crippen molar-refractivity contribution >= 4 is 0 Å². The highest BCUT2D eigenvalue weighted by Crippen LogP contribution is 2.47. The Morgan fingerprint density at radius 2 is 2.05 bits per heavy atom. The molecular formula is C17H23NO. The number of rotatable bonds is 3. The summed E-state index contributed by atoms with van der Waals surface area (Å²) in [5.74, 6) is 0.123. The van der Waals surface area contributed by atoms with Crippen LogP contribution < -0.4 is 0 Å². The molecule has 1 aromatic carbocycles. The zero-order valence-corrected chi connectivity index (χ0v) is 12.1. The summed E-state index contributed by atoms with van der Waals surface area (Å²) in [4.78, 5) is 0. The molecule has 2 heteroatoms. The Hall–Kier alpha value is -1.33. The number of fused-ring (bicyclic) bond motifs is 1. The van der Waals surface area contributed by atoms with Gasteiger partial charge in [-0.1, -0.05) is 44.5 Å². The summed E-state index contributed by atoms with van der Waals surface area (Å²) in [6.45, 7) is 5.96. The third-order valence-corrected chi connectivity index (χ3v) is 5.19. The third-order valence-electron chi connectivity index (χ3n) is 5.19. The van der Waals surface area contributed by atoms with Gasteiger partial charge in [-0.15, -0.1) is 0 Å². The Morgan fingerprint density at radius 1 is 1.42 bits per heavy atom. The van der Waals surface area contributed by atoms with Crippen molar-refractivity contribution in [2.24, 2.45) is 11.3 Å². The van der Waals surface area contributed by atoms with Gasteiger partial charge in [0.2, 0.25) is 0 Å². The van der Waals surface area contributed by atoms with E-state index in [1.54, 1.807) is 0 Å². The lowest BCUT2D eigenvalue weighted by Gasteiger charge is -2.46. The van der Waals surface area contributed by atoms with Crippen LogP contribution in [0.5, 0.6) is 0 Å². The molecule has 0 saturated heterocycles. The van der Waals surface area contributed by atoms with Gasteiger partial charge in [0, 0.05) is 0 Å². The average molecular weight is 257 g/mol. The van der Waals surface area contributed by atoms with Gasteiger partial charge >= 0.3 is 0 Å². The number of hydrogen-bond acceptors (Lipinski definition) is 2. The van der Waals surface area contributed by atoms with Crippen molar-refractivity contribution in [2.75, 3.05) is 0 Å². The summed E-state index contributed by atoms with van der Waals surface area (Å²) in [5.41, 5.74) is 0.952. The van der Waals surface area contributed by atoms with E-state index >= 15 is 0 Å². The standard InChI is InChI=1S/C17H23NO/c1-4-13(2)16(3,19)17(12-18)10-9-14-7-5-6-8-15(14)11-17/h5-8,13,19H,4,9-11H2,1-3H3. The summed E-state index contributed by atoms with van der Waals surface area (Å²) < 4.78 is 0. The maximum atomic E-state index is 11.0. The zero-order valence-electron chi connectivity index (χ0n) is 12.1. The molecule has 0 aromatic heterocycles. The van der Waals surface area contributed by atoms with Crippen LogP contribution in [0.4, 0.5) is 0 Å². The highest BCUT2D eigenvalue weighted by molar-refractivity contribution is 5.34. The zero-order chi connectivity index (χ0) is 14.1. The van der Waals surface area contributed by atoms with E-state index in [2.05, 4.69) is 25.1 Å². The van der Waals surface area contributed by atoms with Crippen molar-refractivity contribution in [1.29, 1.82) is 5.26 Å². The van der Waals surface area contributed by atoms with Gasteiger partial charge in [0.05, 0.1) is 17.1 Å². The Bertz CT molecular complexity index is 500. The SMILES string of the molecule is CCC(C)C(C)(O)C1(C#N)CCc2ccccc2C1. The maximum absolute atomic E-state index is 11.0. The van der Waals surface area contributed by atoms with E-state index in [0.29, 0.717) is 6.42 Å². The smallest absolute Gasteiger partial charge is 0.0903 e. The first-order valence-corrected chi connectivity index (χ1v) is 7.17. The second kappa shape index (κ2) is 4.98. The van der Waals surface area contributed by atoms with Crippen LogP contribution in [-0.4, -0.2) is 10.7 Å². The van der Waals surface area contributed by atoms with E-state index in [1.807, 2.05) is 26.0 Å². The molecule has 1 aliphatic rings. The summed E-state index contributed by atoms with van der Waals surface area (Å²) in [6, 6.07) is 10.8. The summed E-state index contributed by atoms with van der Waals surface area (Å²) in [6.07, 6.45) is 3.18. The summed E-state index contributed by atoms with van der Waals surface area (Å²) in [7, 11) is 0. The molecular weight excluding hydrogens is 234 g/mol. The predicted molar refractivity (Wildman–Crippen MR) is 76.6 cm³/mol. The minimum absolute atomic E-state index is 0.123. The molecule has 1 aromatic rings. The van der Waals surface area contributed by atoms with Crippen LogP contribution in [0.1, 0.15) is 44.7 Å². The van der Waals surface area contributed by atoms with Crippen LogP contribution in [-0.2, 0) is 12.8 Å². The number of nitriles is 1. The molecule has 0 fully saturated rings. The summed E-state index contributed by atoms with van der Waals surface area (Å²) in [5, 5.41) is 20.7. The molecule has 1 aliphatic carbocycles. The van der Waals surface area contributed by atoms with Crippen molar-refractivity contribution in [3.05, 3.63) is 35.4 Å². The highest BCUT2D eigenvalue weighted by Gasteiger charge is 2.51. The topological polar surface area (TPSA) is 44.0 Å². The molecule has 3 atom stereocenters. The number of hydrogen-bond donors (Lipinski definition) is 1. The van der Waals surface area contributed by atoms with E-state index in [9.17, 15) is 10.4 Å². The van der Waals surface area contributed by atoms with Gasteiger partial charge in [0.25, 0.3) is 0 Å². The first-order chi connectivity index (χ1) is 8.97. The normalized spacial score (nSPS) is 26.9. The molecule has 3 unspecified atom stereocenters. The van der Waals surface area contributed by atoms with E-state index in [0.717, 1.165) is 19.3 Å². The van der Waals surface area contributed by atoms with Gasteiger partial charge in [-0.05, 0) is 43.2 Å². The largest absolute Gasteiger partial charge is 0.388 e.